The number of nitrogens with two attached hydrogens (primary N) is 1. The molecule has 0 aliphatic carbocycles. The first-order chi connectivity index (χ1) is 7.81. The fraction of sp³-hybridized carbons (Fsp3) is 0.364. The monoisotopic (exact) mass is 217 g/mol. The van der Waals surface area contributed by atoms with Gasteiger partial charge >= 0.3 is 0 Å². The molecule has 0 bridgehead atoms. The lowest BCUT2D eigenvalue weighted by atomic mass is 10.0. The molecule has 0 aliphatic heterocycles. The summed E-state index contributed by atoms with van der Waals surface area (Å²) in [5.74, 6) is 0. The minimum atomic E-state index is 0.146. The van der Waals surface area contributed by atoms with Gasteiger partial charge in [0.1, 0.15) is 0 Å². The minimum absolute atomic E-state index is 0.146. The molecule has 0 fully saturated rings. The highest BCUT2D eigenvalue weighted by Crippen LogP contribution is 2.22. The quantitative estimate of drug-likeness (QED) is 0.790. The lowest BCUT2D eigenvalue weighted by Gasteiger charge is -2.14. The van der Waals surface area contributed by atoms with Crippen molar-refractivity contribution in [3.63, 3.8) is 0 Å². The van der Waals surface area contributed by atoms with Crippen LogP contribution in [0.3, 0.4) is 0 Å². The molecular formula is C11H15N5. The average molecular weight is 217 g/mol. The summed E-state index contributed by atoms with van der Waals surface area (Å²) in [5.41, 5.74) is 7.60. The Balaban J connectivity index is 2.29. The van der Waals surface area contributed by atoms with Crippen LogP contribution in [0.25, 0.3) is 0 Å². The summed E-state index contributed by atoms with van der Waals surface area (Å²) in [5, 5.41) is 11.8. The van der Waals surface area contributed by atoms with Crippen molar-refractivity contribution in [2.45, 2.75) is 25.8 Å². The van der Waals surface area contributed by atoms with Gasteiger partial charge in [0.15, 0.2) is 6.33 Å². The normalized spacial score (nSPS) is 12.6. The first kappa shape index (κ1) is 10.6. The van der Waals surface area contributed by atoms with E-state index in [1.807, 2.05) is 24.3 Å². The summed E-state index contributed by atoms with van der Waals surface area (Å²) in [7, 11) is 0. The maximum atomic E-state index is 5.67. The summed E-state index contributed by atoms with van der Waals surface area (Å²) >= 11 is 0. The predicted molar refractivity (Wildman–Crippen MR) is 61.7 cm³/mol. The second-order valence-electron chi connectivity index (χ2n) is 3.73. The van der Waals surface area contributed by atoms with Crippen molar-refractivity contribution in [2.24, 2.45) is 0 Å². The zero-order valence-corrected chi connectivity index (χ0v) is 9.24. The van der Waals surface area contributed by atoms with Crippen molar-refractivity contribution in [2.75, 3.05) is 5.73 Å². The molecule has 2 aromatic rings. The van der Waals surface area contributed by atoms with Crippen molar-refractivity contribution in [3.05, 3.63) is 36.2 Å². The Kier molecular flexibility index (Phi) is 3.14. The van der Waals surface area contributed by atoms with Crippen molar-refractivity contribution in [3.8, 4) is 0 Å². The van der Waals surface area contributed by atoms with Crippen LogP contribution in [0.1, 0.15) is 31.4 Å². The van der Waals surface area contributed by atoms with Crippen LogP contribution in [0.5, 0.6) is 0 Å². The maximum Gasteiger partial charge on any atom is 0.162 e. The van der Waals surface area contributed by atoms with E-state index in [9.17, 15) is 0 Å². The summed E-state index contributed by atoms with van der Waals surface area (Å²) in [6.45, 7) is 2.14. The van der Waals surface area contributed by atoms with E-state index >= 15 is 0 Å². The number of nitrogen functional groups attached to an aromatic ring is 1. The molecule has 0 amide bonds. The first-order valence-corrected chi connectivity index (χ1v) is 5.39. The Bertz CT molecular complexity index is 420. The van der Waals surface area contributed by atoms with Gasteiger partial charge in [0, 0.05) is 5.69 Å². The van der Waals surface area contributed by atoms with Crippen molar-refractivity contribution >= 4 is 5.69 Å². The molecule has 0 aliphatic rings. The number of hydrogen-bond donors (Lipinski definition) is 1. The zero-order chi connectivity index (χ0) is 11.4. The second-order valence-corrected chi connectivity index (χ2v) is 3.73. The van der Waals surface area contributed by atoms with E-state index in [-0.39, 0.29) is 6.04 Å². The average Bonchev–Trinajstić information content (AvgIpc) is 2.81. The molecule has 0 saturated heterocycles. The van der Waals surface area contributed by atoms with E-state index in [1.165, 1.54) is 6.33 Å². The summed E-state index contributed by atoms with van der Waals surface area (Å²) < 4.78 is 0. The second kappa shape index (κ2) is 4.74. The molecule has 84 valence electrons. The smallest absolute Gasteiger partial charge is 0.162 e. The molecule has 0 saturated carbocycles. The van der Waals surface area contributed by atoms with Crippen LogP contribution in [0.15, 0.2) is 30.6 Å². The number of hydrogen-bond acceptors (Lipinski definition) is 4. The zero-order valence-electron chi connectivity index (χ0n) is 9.24. The van der Waals surface area contributed by atoms with E-state index in [0.717, 1.165) is 24.1 Å². The largest absolute Gasteiger partial charge is 0.399 e. The van der Waals surface area contributed by atoms with Gasteiger partial charge in [0.25, 0.3) is 0 Å². The van der Waals surface area contributed by atoms with E-state index in [0.29, 0.717) is 0 Å². The molecule has 1 aromatic heterocycles. The van der Waals surface area contributed by atoms with Crippen LogP contribution in [-0.2, 0) is 0 Å². The van der Waals surface area contributed by atoms with Gasteiger partial charge in [-0.05, 0) is 29.3 Å². The number of rotatable bonds is 4. The van der Waals surface area contributed by atoms with Gasteiger partial charge in [0.05, 0.1) is 6.04 Å². The van der Waals surface area contributed by atoms with E-state index in [4.69, 9.17) is 5.73 Å². The standard InChI is InChI=1S/C11H15N5/c1-2-3-11(16-14-8-13-15-16)9-4-6-10(12)7-5-9/h4-8,11H,2-3,12H2,1H3. The molecule has 5 heteroatoms. The van der Waals surface area contributed by atoms with E-state index < -0.39 is 0 Å². The predicted octanol–water partition coefficient (Wildman–Crippen LogP) is 1.64. The van der Waals surface area contributed by atoms with Gasteiger partial charge < -0.3 is 5.73 Å². The molecule has 5 nitrogen and oxygen atoms in total. The van der Waals surface area contributed by atoms with E-state index in [2.05, 4.69) is 22.3 Å². The third kappa shape index (κ3) is 2.18. The molecule has 16 heavy (non-hydrogen) atoms. The number of tetrazole rings is 1. The van der Waals surface area contributed by atoms with Crippen LogP contribution in [-0.4, -0.2) is 20.2 Å². The van der Waals surface area contributed by atoms with Crippen LogP contribution in [0.2, 0.25) is 0 Å². The third-order valence-electron chi connectivity index (χ3n) is 2.53. The van der Waals surface area contributed by atoms with Crippen molar-refractivity contribution in [1.29, 1.82) is 0 Å². The molecule has 1 unspecified atom stereocenters. The number of anilines is 1. The molecular weight excluding hydrogens is 202 g/mol. The Hall–Kier alpha value is -1.91. The fourth-order valence-corrected chi connectivity index (χ4v) is 1.72. The first-order valence-electron chi connectivity index (χ1n) is 5.39. The molecule has 0 spiro atoms. The van der Waals surface area contributed by atoms with Crippen LogP contribution in [0, 0.1) is 0 Å². The number of benzene rings is 1. The molecule has 2 rings (SSSR count). The van der Waals surface area contributed by atoms with Crippen molar-refractivity contribution in [1.82, 2.24) is 20.2 Å². The Morgan fingerprint density at radius 2 is 2.06 bits per heavy atom. The van der Waals surface area contributed by atoms with E-state index in [1.54, 1.807) is 4.80 Å². The van der Waals surface area contributed by atoms with Gasteiger partial charge in [0.2, 0.25) is 0 Å². The van der Waals surface area contributed by atoms with Gasteiger partial charge in [-0.15, -0.1) is 10.2 Å². The van der Waals surface area contributed by atoms with Crippen LogP contribution >= 0.6 is 0 Å². The molecule has 1 aromatic carbocycles. The topological polar surface area (TPSA) is 69.6 Å². The van der Waals surface area contributed by atoms with Crippen LogP contribution in [0.4, 0.5) is 5.69 Å². The highest BCUT2D eigenvalue weighted by molar-refractivity contribution is 5.40. The third-order valence-corrected chi connectivity index (χ3v) is 2.53. The molecule has 0 radical (unpaired) electrons. The Morgan fingerprint density at radius 1 is 1.31 bits per heavy atom. The Morgan fingerprint density at radius 3 is 2.62 bits per heavy atom. The summed E-state index contributed by atoms with van der Waals surface area (Å²) in [6.07, 6.45) is 3.51. The summed E-state index contributed by atoms with van der Waals surface area (Å²) in [6, 6.07) is 7.97. The molecule has 2 N–H and O–H groups in total. The lowest BCUT2D eigenvalue weighted by molar-refractivity contribution is 0.423. The lowest BCUT2D eigenvalue weighted by Crippen LogP contribution is -2.13. The Labute approximate surface area is 94.3 Å². The molecule has 1 atom stereocenters. The minimum Gasteiger partial charge on any atom is -0.399 e. The van der Waals surface area contributed by atoms with Crippen LogP contribution < -0.4 is 5.73 Å². The highest BCUT2D eigenvalue weighted by atomic mass is 15.6. The van der Waals surface area contributed by atoms with Gasteiger partial charge in [-0.2, -0.15) is 4.80 Å². The van der Waals surface area contributed by atoms with Gasteiger partial charge in [-0.25, -0.2) is 0 Å². The fourth-order valence-electron chi connectivity index (χ4n) is 1.72. The van der Waals surface area contributed by atoms with Gasteiger partial charge in [-0.1, -0.05) is 25.5 Å². The maximum absolute atomic E-state index is 5.67. The number of nitrogens with zero attached hydrogens (tertiary/aromatic N) is 4. The highest BCUT2D eigenvalue weighted by Gasteiger charge is 2.14. The van der Waals surface area contributed by atoms with Gasteiger partial charge in [-0.3, -0.25) is 0 Å². The SMILES string of the molecule is CCCC(c1ccc(N)cc1)n1ncnn1. The number of aromatic nitrogens is 4. The van der Waals surface area contributed by atoms with Crippen molar-refractivity contribution < 1.29 is 0 Å². The summed E-state index contributed by atoms with van der Waals surface area (Å²) in [4.78, 5) is 1.65. The molecule has 1 heterocycles.